The Morgan fingerprint density at radius 1 is 0.857 bits per heavy atom. The Morgan fingerprint density at radius 2 is 1.55 bits per heavy atom. The molecule has 2 aromatic rings. The molecule has 3 amide bonds. The summed E-state index contributed by atoms with van der Waals surface area (Å²) >= 11 is 0. The third-order valence-electron chi connectivity index (χ3n) is 7.30. The maximum absolute atomic E-state index is 13.7. The number of unbranched alkanes of at least 4 members (excludes halogenated alkanes) is 1. The van der Waals surface area contributed by atoms with Gasteiger partial charge in [-0.2, -0.15) is 0 Å². The molecule has 0 aliphatic rings. The number of hydrogen-bond donors (Lipinski definition) is 8. The van der Waals surface area contributed by atoms with E-state index < -0.39 is 30.0 Å². The first-order valence-corrected chi connectivity index (χ1v) is 14.6. The van der Waals surface area contributed by atoms with Gasteiger partial charge in [0.25, 0.3) is 0 Å². The van der Waals surface area contributed by atoms with Gasteiger partial charge in [0.15, 0.2) is 5.96 Å². The lowest BCUT2D eigenvalue weighted by Crippen LogP contribution is -2.50. The smallest absolute Gasteiger partial charge is 0.239 e. The summed E-state index contributed by atoms with van der Waals surface area (Å²) < 4.78 is 0. The van der Waals surface area contributed by atoms with E-state index in [9.17, 15) is 14.4 Å². The molecule has 0 radical (unpaired) electrons. The molecule has 4 atom stereocenters. The van der Waals surface area contributed by atoms with Crippen LogP contribution in [0.2, 0.25) is 0 Å². The van der Waals surface area contributed by atoms with Crippen LogP contribution in [0.1, 0.15) is 55.2 Å². The SMILES string of the molecule is Cc1ccccc1C[C@@H](C[C@@H](CCCNC(=N)N)NC(=O)[C@@H](N)Cc1ccccc1)C(=O)N[C@@H](CCCCN)C(N)=O. The highest BCUT2D eigenvalue weighted by atomic mass is 16.2. The number of guanidine groups is 1. The summed E-state index contributed by atoms with van der Waals surface area (Å²) in [6.45, 7) is 2.91. The number of aryl methyl sites for hydroxylation is 1. The molecule has 11 heteroatoms. The van der Waals surface area contributed by atoms with Crippen molar-refractivity contribution in [2.24, 2.45) is 28.9 Å². The molecular weight excluding hydrogens is 532 g/mol. The van der Waals surface area contributed by atoms with Crippen LogP contribution in [0.4, 0.5) is 0 Å². The van der Waals surface area contributed by atoms with Crippen LogP contribution in [0, 0.1) is 18.3 Å². The van der Waals surface area contributed by atoms with Gasteiger partial charge in [0, 0.05) is 18.5 Å². The molecule has 0 aromatic heterocycles. The van der Waals surface area contributed by atoms with E-state index in [0.29, 0.717) is 58.0 Å². The fraction of sp³-hybridized carbons (Fsp3) is 0.484. The van der Waals surface area contributed by atoms with Crippen molar-refractivity contribution in [1.82, 2.24) is 16.0 Å². The summed E-state index contributed by atoms with van der Waals surface area (Å²) in [5.74, 6) is -1.90. The van der Waals surface area contributed by atoms with Crippen LogP contribution in [0.3, 0.4) is 0 Å². The van der Waals surface area contributed by atoms with Gasteiger partial charge in [-0.1, -0.05) is 54.6 Å². The summed E-state index contributed by atoms with van der Waals surface area (Å²) in [5, 5.41) is 16.1. The van der Waals surface area contributed by atoms with Gasteiger partial charge in [-0.15, -0.1) is 0 Å². The van der Waals surface area contributed by atoms with Crippen molar-refractivity contribution in [3.63, 3.8) is 0 Å². The Labute approximate surface area is 249 Å². The second-order valence-corrected chi connectivity index (χ2v) is 10.8. The van der Waals surface area contributed by atoms with Crippen LogP contribution in [0.5, 0.6) is 0 Å². The molecule has 0 fully saturated rings. The topological polar surface area (TPSA) is 215 Å². The van der Waals surface area contributed by atoms with Crippen LogP contribution in [-0.4, -0.2) is 54.9 Å². The first kappa shape index (κ1) is 34.2. The average molecular weight is 581 g/mol. The van der Waals surface area contributed by atoms with E-state index in [1.54, 1.807) is 0 Å². The van der Waals surface area contributed by atoms with Gasteiger partial charge >= 0.3 is 0 Å². The Morgan fingerprint density at radius 3 is 2.19 bits per heavy atom. The Kier molecular flexibility index (Phi) is 15.1. The lowest BCUT2D eigenvalue weighted by molar-refractivity contribution is -0.130. The molecule has 42 heavy (non-hydrogen) atoms. The van der Waals surface area contributed by atoms with Crippen molar-refractivity contribution < 1.29 is 14.4 Å². The second kappa shape index (κ2) is 18.5. The lowest BCUT2D eigenvalue weighted by Gasteiger charge is -2.27. The molecule has 230 valence electrons. The molecule has 0 heterocycles. The highest BCUT2D eigenvalue weighted by Gasteiger charge is 2.29. The summed E-state index contributed by atoms with van der Waals surface area (Å²) in [5.41, 5.74) is 25.9. The number of carbonyl (C=O) groups excluding carboxylic acids is 3. The van der Waals surface area contributed by atoms with Crippen molar-refractivity contribution in [3.8, 4) is 0 Å². The minimum Gasteiger partial charge on any atom is -0.370 e. The number of nitrogens with one attached hydrogen (secondary N) is 4. The monoisotopic (exact) mass is 580 g/mol. The fourth-order valence-electron chi connectivity index (χ4n) is 4.89. The summed E-state index contributed by atoms with van der Waals surface area (Å²) in [6.07, 6.45) is 4.02. The standard InChI is InChI=1S/C31H48N8O3/c1-21-10-5-6-13-23(21)19-24(29(41)39-27(28(34)40)15-7-8-16-32)20-25(14-9-17-37-31(35)36)38-30(42)26(33)18-22-11-3-2-4-12-22/h2-6,10-13,24-27H,7-9,14-20,32-33H2,1H3,(H2,34,40)(H,38,42)(H,39,41)(H4,35,36,37)/t24-,25+,26-,27-/m0/s1. The molecular formula is C31H48N8O3. The Balaban J connectivity index is 2.25. The van der Waals surface area contributed by atoms with Crippen LogP contribution < -0.4 is 38.9 Å². The van der Waals surface area contributed by atoms with E-state index in [0.717, 1.165) is 23.1 Å². The van der Waals surface area contributed by atoms with E-state index in [2.05, 4.69) is 16.0 Å². The van der Waals surface area contributed by atoms with Gasteiger partial charge < -0.3 is 38.9 Å². The molecule has 0 spiro atoms. The van der Waals surface area contributed by atoms with Crippen molar-refractivity contribution in [3.05, 3.63) is 71.3 Å². The molecule has 0 saturated heterocycles. The minimum absolute atomic E-state index is 0.135. The second-order valence-electron chi connectivity index (χ2n) is 10.8. The highest BCUT2D eigenvalue weighted by Crippen LogP contribution is 2.20. The highest BCUT2D eigenvalue weighted by molar-refractivity contribution is 5.88. The van der Waals surface area contributed by atoms with Gasteiger partial charge in [-0.3, -0.25) is 19.8 Å². The molecule has 2 rings (SSSR count). The first-order chi connectivity index (χ1) is 20.1. The number of nitrogens with two attached hydrogens (primary N) is 4. The van der Waals surface area contributed by atoms with Crippen molar-refractivity contribution >= 4 is 23.7 Å². The third kappa shape index (κ3) is 12.7. The predicted molar refractivity (Wildman–Crippen MR) is 166 cm³/mol. The summed E-state index contributed by atoms with van der Waals surface area (Å²) in [7, 11) is 0. The molecule has 12 N–H and O–H groups in total. The van der Waals surface area contributed by atoms with Gasteiger partial charge in [0.2, 0.25) is 17.7 Å². The molecule has 0 aliphatic heterocycles. The average Bonchev–Trinajstić information content (AvgIpc) is 2.95. The maximum Gasteiger partial charge on any atom is 0.239 e. The third-order valence-corrected chi connectivity index (χ3v) is 7.30. The van der Waals surface area contributed by atoms with Crippen molar-refractivity contribution in [2.75, 3.05) is 13.1 Å². The molecule has 0 aliphatic carbocycles. The Bertz CT molecular complexity index is 1140. The summed E-state index contributed by atoms with van der Waals surface area (Å²) in [4.78, 5) is 39.0. The Hall–Kier alpha value is -3.96. The maximum atomic E-state index is 13.7. The van der Waals surface area contributed by atoms with Crippen LogP contribution in [-0.2, 0) is 27.2 Å². The first-order valence-electron chi connectivity index (χ1n) is 14.6. The lowest BCUT2D eigenvalue weighted by atomic mass is 9.88. The molecule has 11 nitrogen and oxygen atoms in total. The van der Waals surface area contributed by atoms with E-state index in [1.807, 2.05) is 61.5 Å². The zero-order valence-electron chi connectivity index (χ0n) is 24.6. The zero-order valence-corrected chi connectivity index (χ0v) is 24.6. The van der Waals surface area contributed by atoms with Gasteiger partial charge in [0.1, 0.15) is 6.04 Å². The number of carbonyl (C=O) groups is 3. The van der Waals surface area contributed by atoms with Crippen LogP contribution in [0.15, 0.2) is 54.6 Å². The molecule has 2 aromatic carbocycles. The van der Waals surface area contributed by atoms with Crippen LogP contribution in [0.25, 0.3) is 0 Å². The minimum atomic E-state index is -0.810. The number of benzene rings is 2. The number of hydrogen-bond acceptors (Lipinski definition) is 6. The zero-order chi connectivity index (χ0) is 30.9. The number of primary amides is 1. The van der Waals surface area contributed by atoms with E-state index in [-0.39, 0.29) is 17.8 Å². The van der Waals surface area contributed by atoms with Crippen molar-refractivity contribution in [2.45, 2.75) is 76.4 Å². The number of rotatable bonds is 19. The quantitative estimate of drug-likeness (QED) is 0.0683. The molecule has 0 unspecified atom stereocenters. The number of amides is 3. The largest absolute Gasteiger partial charge is 0.370 e. The fourth-order valence-corrected chi connectivity index (χ4v) is 4.89. The molecule has 0 saturated carbocycles. The van der Waals surface area contributed by atoms with E-state index >= 15 is 0 Å². The van der Waals surface area contributed by atoms with Gasteiger partial charge in [0.05, 0.1) is 6.04 Å². The normalized spacial score (nSPS) is 13.8. The van der Waals surface area contributed by atoms with E-state index in [4.69, 9.17) is 28.3 Å². The molecule has 0 bridgehead atoms. The van der Waals surface area contributed by atoms with Gasteiger partial charge in [-0.05, 0) is 81.5 Å². The van der Waals surface area contributed by atoms with Gasteiger partial charge in [-0.25, -0.2) is 0 Å². The predicted octanol–water partition coefficient (Wildman–Crippen LogP) is 0.961. The van der Waals surface area contributed by atoms with Crippen molar-refractivity contribution in [1.29, 1.82) is 5.41 Å². The van der Waals surface area contributed by atoms with E-state index in [1.165, 1.54) is 0 Å². The van der Waals surface area contributed by atoms with Crippen LogP contribution >= 0.6 is 0 Å². The summed E-state index contributed by atoms with van der Waals surface area (Å²) in [6, 6.07) is 15.4.